The Kier molecular flexibility index (Phi) is 5.75. The molecule has 1 unspecified atom stereocenters. The van der Waals surface area contributed by atoms with Crippen molar-refractivity contribution in [3.05, 3.63) is 57.7 Å². The molecule has 8 nitrogen and oxygen atoms in total. The van der Waals surface area contributed by atoms with Gasteiger partial charge in [0.1, 0.15) is 6.04 Å². The Morgan fingerprint density at radius 3 is 2.68 bits per heavy atom. The lowest BCUT2D eigenvalue weighted by Crippen LogP contribution is -2.46. The summed E-state index contributed by atoms with van der Waals surface area (Å²) in [5.41, 5.74) is 3.08. The number of hydrogen-bond acceptors (Lipinski definition) is 6. The molecule has 0 saturated heterocycles. The van der Waals surface area contributed by atoms with Crippen LogP contribution in [0.25, 0.3) is 10.9 Å². The Morgan fingerprint density at radius 2 is 1.90 bits per heavy atom. The lowest BCUT2D eigenvalue weighted by molar-refractivity contribution is -0.124. The Hall–Kier alpha value is -3.23. The Morgan fingerprint density at radius 1 is 1.10 bits per heavy atom. The van der Waals surface area contributed by atoms with Crippen molar-refractivity contribution >= 4 is 63.5 Å². The summed E-state index contributed by atoms with van der Waals surface area (Å²) >= 11 is 11.9. The number of aromatic nitrogens is 2. The van der Waals surface area contributed by atoms with Gasteiger partial charge in [0.2, 0.25) is 23.7 Å². The van der Waals surface area contributed by atoms with Gasteiger partial charge in [-0.3, -0.25) is 20.2 Å². The minimum atomic E-state index is -0.922. The van der Waals surface area contributed by atoms with E-state index in [-0.39, 0.29) is 24.2 Å². The maximum Gasteiger partial charge on any atom is 0.249 e. The van der Waals surface area contributed by atoms with Crippen molar-refractivity contribution in [3.63, 3.8) is 0 Å². The number of rotatable bonds is 3. The molecule has 0 aliphatic carbocycles. The normalized spacial score (nSPS) is 15.9. The number of nitrogens with zero attached hydrogens (tertiary/aromatic N) is 3. The molecule has 158 valence electrons. The maximum absolute atomic E-state index is 12.6. The van der Waals surface area contributed by atoms with Crippen molar-refractivity contribution in [1.29, 1.82) is 0 Å². The molecule has 0 radical (unpaired) electrons. The standard InChI is InChI=1S/C21H18Cl2N6O2/c1-10-3-5-13-11(2)24-20(26-16(13)7-10)29-21-27-17(9-18(30)28-21)19(31)25-12-4-6-14(22)15(23)8-12/h3-8,17H,9H2,1-2H3,(H,25,31)(H2,24,26,27,28,29,30). The summed E-state index contributed by atoms with van der Waals surface area (Å²) in [6, 6.07) is 9.71. The van der Waals surface area contributed by atoms with Crippen molar-refractivity contribution in [2.45, 2.75) is 26.3 Å². The number of halogens is 2. The molecule has 2 heterocycles. The van der Waals surface area contributed by atoms with E-state index in [1.165, 1.54) is 6.07 Å². The van der Waals surface area contributed by atoms with Crippen LogP contribution in [-0.4, -0.2) is 33.8 Å². The minimum Gasteiger partial charge on any atom is -0.324 e. The van der Waals surface area contributed by atoms with Crippen LogP contribution in [0.15, 0.2) is 41.4 Å². The second-order valence-corrected chi connectivity index (χ2v) is 7.96. The maximum atomic E-state index is 12.6. The molecule has 31 heavy (non-hydrogen) atoms. The summed E-state index contributed by atoms with van der Waals surface area (Å²) in [5, 5.41) is 9.84. The number of aliphatic imine (C=N–C) groups is 1. The highest BCUT2D eigenvalue weighted by Crippen LogP contribution is 2.25. The first kappa shape index (κ1) is 21.0. The van der Waals surface area contributed by atoms with E-state index in [4.69, 9.17) is 23.2 Å². The fraction of sp³-hybridized carbons (Fsp3) is 0.190. The number of amides is 2. The fourth-order valence-corrected chi connectivity index (χ4v) is 3.46. The lowest BCUT2D eigenvalue weighted by Gasteiger charge is -2.21. The fourth-order valence-electron chi connectivity index (χ4n) is 3.17. The summed E-state index contributed by atoms with van der Waals surface area (Å²) in [6.07, 6.45) is -0.0882. The number of guanidine groups is 1. The molecule has 1 atom stereocenters. The van der Waals surface area contributed by atoms with E-state index >= 15 is 0 Å². The van der Waals surface area contributed by atoms with E-state index in [0.29, 0.717) is 15.7 Å². The highest BCUT2D eigenvalue weighted by molar-refractivity contribution is 6.42. The van der Waals surface area contributed by atoms with Gasteiger partial charge in [-0.2, -0.15) is 0 Å². The van der Waals surface area contributed by atoms with Gasteiger partial charge in [0.15, 0.2) is 0 Å². The highest BCUT2D eigenvalue weighted by atomic mass is 35.5. The molecular formula is C21H18Cl2N6O2. The number of anilines is 2. The van der Waals surface area contributed by atoms with E-state index in [0.717, 1.165) is 22.2 Å². The summed E-state index contributed by atoms with van der Waals surface area (Å²) in [6.45, 7) is 3.85. The summed E-state index contributed by atoms with van der Waals surface area (Å²) < 4.78 is 0. The van der Waals surface area contributed by atoms with Gasteiger partial charge in [-0.1, -0.05) is 35.3 Å². The summed E-state index contributed by atoms with van der Waals surface area (Å²) in [4.78, 5) is 38.0. The molecule has 3 aromatic rings. The number of hydrogen-bond donors (Lipinski definition) is 3. The number of carbonyl (C=O) groups is 2. The van der Waals surface area contributed by atoms with E-state index in [2.05, 4.69) is 30.9 Å². The van der Waals surface area contributed by atoms with Crippen molar-refractivity contribution in [2.24, 2.45) is 4.99 Å². The Labute approximate surface area is 188 Å². The van der Waals surface area contributed by atoms with Crippen LogP contribution < -0.4 is 16.0 Å². The first-order valence-electron chi connectivity index (χ1n) is 9.44. The van der Waals surface area contributed by atoms with E-state index in [1.54, 1.807) is 12.1 Å². The Bertz CT molecular complexity index is 1240. The molecule has 4 rings (SSSR count). The van der Waals surface area contributed by atoms with Crippen molar-refractivity contribution < 1.29 is 9.59 Å². The summed E-state index contributed by atoms with van der Waals surface area (Å²) in [7, 11) is 0. The van der Waals surface area contributed by atoms with Gasteiger partial charge < -0.3 is 5.32 Å². The quantitative estimate of drug-likeness (QED) is 0.554. The largest absolute Gasteiger partial charge is 0.324 e. The van der Waals surface area contributed by atoms with Crippen LogP contribution in [0.4, 0.5) is 11.6 Å². The second kappa shape index (κ2) is 8.49. The molecule has 0 fully saturated rings. The highest BCUT2D eigenvalue weighted by Gasteiger charge is 2.27. The van der Waals surface area contributed by atoms with E-state index in [1.807, 2.05) is 32.0 Å². The predicted molar refractivity (Wildman–Crippen MR) is 122 cm³/mol. The molecule has 1 aromatic heterocycles. The lowest BCUT2D eigenvalue weighted by atomic mass is 10.1. The molecule has 0 bridgehead atoms. The van der Waals surface area contributed by atoms with Crippen LogP contribution in [0.2, 0.25) is 10.0 Å². The van der Waals surface area contributed by atoms with Gasteiger partial charge >= 0.3 is 0 Å². The molecule has 0 spiro atoms. The molecule has 1 aliphatic rings. The molecule has 0 saturated carbocycles. The predicted octanol–water partition coefficient (Wildman–Crippen LogP) is 3.85. The van der Waals surface area contributed by atoms with Crippen LogP contribution in [-0.2, 0) is 9.59 Å². The Balaban J connectivity index is 1.55. The second-order valence-electron chi connectivity index (χ2n) is 7.14. The number of carbonyl (C=O) groups excluding carboxylic acids is 2. The zero-order valence-electron chi connectivity index (χ0n) is 16.7. The van der Waals surface area contributed by atoms with Gasteiger partial charge in [-0.05, 0) is 43.7 Å². The van der Waals surface area contributed by atoms with E-state index in [9.17, 15) is 9.59 Å². The van der Waals surface area contributed by atoms with Crippen molar-refractivity contribution in [2.75, 3.05) is 10.6 Å². The number of aryl methyl sites for hydroxylation is 2. The molecular weight excluding hydrogens is 439 g/mol. The number of nitrogens with one attached hydrogen (secondary N) is 3. The topological polar surface area (TPSA) is 108 Å². The van der Waals surface area contributed by atoms with Gasteiger partial charge in [0, 0.05) is 11.1 Å². The summed E-state index contributed by atoms with van der Waals surface area (Å²) in [5.74, 6) is -0.406. The van der Waals surface area contributed by atoms with Gasteiger partial charge in [-0.25, -0.2) is 15.0 Å². The van der Waals surface area contributed by atoms with E-state index < -0.39 is 11.9 Å². The average Bonchev–Trinajstić information content (AvgIpc) is 2.70. The van der Waals surface area contributed by atoms with Crippen molar-refractivity contribution in [1.82, 2.24) is 15.3 Å². The third-order valence-electron chi connectivity index (χ3n) is 4.68. The smallest absolute Gasteiger partial charge is 0.249 e. The van der Waals surface area contributed by atoms with Crippen molar-refractivity contribution in [3.8, 4) is 0 Å². The number of benzene rings is 2. The van der Waals surface area contributed by atoms with Crippen LogP contribution in [0.1, 0.15) is 17.7 Å². The average molecular weight is 457 g/mol. The monoisotopic (exact) mass is 456 g/mol. The molecule has 2 amide bonds. The minimum absolute atomic E-state index is 0.0882. The van der Waals surface area contributed by atoms with Crippen LogP contribution in [0.5, 0.6) is 0 Å². The third-order valence-corrected chi connectivity index (χ3v) is 5.42. The van der Waals surface area contributed by atoms with Crippen LogP contribution >= 0.6 is 23.2 Å². The molecule has 3 N–H and O–H groups in total. The van der Waals surface area contributed by atoms with Gasteiger partial charge in [0.25, 0.3) is 0 Å². The number of fused-ring (bicyclic) bond motifs is 1. The first-order chi connectivity index (χ1) is 14.8. The third kappa shape index (κ3) is 4.76. The first-order valence-corrected chi connectivity index (χ1v) is 10.2. The van der Waals surface area contributed by atoms with Crippen LogP contribution in [0.3, 0.4) is 0 Å². The van der Waals surface area contributed by atoms with Gasteiger partial charge in [0.05, 0.1) is 27.7 Å². The SMILES string of the molecule is Cc1ccc2c(C)nc(NC3=NC(C(=O)Nc4ccc(Cl)c(Cl)c4)CC(=O)N3)nc2c1. The zero-order chi connectivity index (χ0) is 22.1. The van der Waals surface area contributed by atoms with Crippen LogP contribution in [0, 0.1) is 13.8 Å². The zero-order valence-corrected chi connectivity index (χ0v) is 18.2. The molecule has 1 aliphatic heterocycles. The van der Waals surface area contributed by atoms with Gasteiger partial charge in [-0.15, -0.1) is 0 Å². The molecule has 10 heteroatoms. The molecule has 2 aromatic carbocycles.